The lowest BCUT2D eigenvalue weighted by atomic mass is 10.3. The van der Waals surface area contributed by atoms with Gasteiger partial charge in [-0.05, 0) is 6.92 Å². The number of nitrogens with one attached hydrogen (secondary N) is 2. The summed E-state index contributed by atoms with van der Waals surface area (Å²) < 4.78 is 0. The number of amides is 2. The lowest BCUT2D eigenvalue weighted by molar-refractivity contribution is -0.131. The Labute approximate surface area is 64.1 Å². The molecule has 0 aromatic rings. The third-order valence-electron chi connectivity index (χ3n) is 0.787. The summed E-state index contributed by atoms with van der Waals surface area (Å²) in [6.07, 6.45) is -0.208. The lowest BCUT2D eigenvalue weighted by Crippen LogP contribution is -2.40. The van der Waals surface area contributed by atoms with Gasteiger partial charge in [-0.15, -0.1) is 0 Å². The van der Waals surface area contributed by atoms with E-state index in [0.29, 0.717) is 0 Å². The van der Waals surface area contributed by atoms with Crippen LogP contribution in [0.5, 0.6) is 0 Å². The summed E-state index contributed by atoms with van der Waals surface area (Å²) in [7, 11) is 0. The van der Waals surface area contributed by atoms with E-state index in [1.54, 1.807) is 0 Å². The zero-order valence-corrected chi connectivity index (χ0v) is 6.43. The normalized spacial score (nSPS) is 8.55. The molecule has 0 atom stereocenters. The predicted octanol–water partition coefficient (Wildman–Crippen LogP) is -0.867. The summed E-state index contributed by atoms with van der Waals surface area (Å²) in [6, 6.07) is 0. The molecule has 0 saturated carbocycles. The number of Topliss-reactive ketones (excluding diaryl/α,β-unsaturated/α-hetero) is 1. The summed E-state index contributed by atoms with van der Waals surface area (Å²) in [5.41, 5.74) is 4.11. The van der Waals surface area contributed by atoms with Crippen molar-refractivity contribution in [2.45, 2.75) is 20.3 Å². The summed E-state index contributed by atoms with van der Waals surface area (Å²) in [5, 5.41) is 0. The van der Waals surface area contributed by atoms with E-state index >= 15 is 0 Å². The SMILES string of the molecule is CC(=O)CC(=O)NNC(C)=O. The minimum Gasteiger partial charge on any atom is -0.299 e. The molecule has 2 amide bonds. The van der Waals surface area contributed by atoms with Crippen molar-refractivity contribution < 1.29 is 14.4 Å². The molecule has 0 aliphatic heterocycles. The first-order chi connectivity index (χ1) is 5.02. The van der Waals surface area contributed by atoms with Gasteiger partial charge in [0.15, 0.2) is 0 Å². The van der Waals surface area contributed by atoms with Gasteiger partial charge in [-0.3, -0.25) is 25.2 Å². The molecular formula is C6H10N2O3. The van der Waals surface area contributed by atoms with E-state index in [1.165, 1.54) is 13.8 Å². The van der Waals surface area contributed by atoms with Crippen LogP contribution in [0.3, 0.4) is 0 Å². The van der Waals surface area contributed by atoms with Crippen molar-refractivity contribution in [3.05, 3.63) is 0 Å². The van der Waals surface area contributed by atoms with E-state index < -0.39 is 5.91 Å². The molecule has 0 radical (unpaired) electrons. The fourth-order valence-corrected chi connectivity index (χ4v) is 0.428. The van der Waals surface area contributed by atoms with Crippen molar-refractivity contribution in [1.29, 1.82) is 0 Å². The maximum atomic E-state index is 10.6. The van der Waals surface area contributed by atoms with Gasteiger partial charge in [-0.25, -0.2) is 0 Å². The number of ketones is 1. The second-order valence-corrected chi connectivity index (χ2v) is 2.11. The quantitative estimate of drug-likeness (QED) is 0.405. The largest absolute Gasteiger partial charge is 0.299 e. The van der Waals surface area contributed by atoms with Gasteiger partial charge < -0.3 is 0 Å². The molecule has 0 rings (SSSR count). The maximum absolute atomic E-state index is 10.6. The number of hydrazine groups is 1. The third-order valence-corrected chi connectivity index (χ3v) is 0.787. The minimum absolute atomic E-state index is 0.208. The first kappa shape index (κ1) is 9.61. The minimum atomic E-state index is -0.507. The average Bonchev–Trinajstić information content (AvgIpc) is 1.82. The van der Waals surface area contributed by atoms with Gasteiger partial charge in [-0.1, -0.05) is 0 Å². The fraction of sp³-hybridized carbons (Fsp3) is 0.500. The third kappa shape index (κ3) is 6.50. The van der Waals surface area contributed by atoms with E-state index in [0.717, 1.165) is 0 Å². The highest BCUT2D eigenvalue weighted by Gasteiger charge is 2.03. The van der Waals surface area contributed by atoms with Crippen LogP contribution in [0.2, 0.25) is 0 Å². The molecule has 0 aliphatic carbocycles. The molecule has 0 unspecified atom stereocenters. The molecule has 2 N–H and O–H groups in total. The Hall–Kier alpha value is -1.39. The van der Waals surface area contributed by atoms with Crippen LogP contribution in [0.25, 0.3) is 0 Å². The van der Waals surface area contributed by atoms with Gasteiger partial charge in [0.05, 0.1) is 6.42 Å². The van der Waals surface area contributed by atoms with Crippen LogP contribution in [-0.2, 0) is 14.4 Å². The molecule has 0 aliphatic rings. The monoisotopic (exact) mass is 158 g/mol. The second-order valence-electron chi connectivity index (χ2n) is 2.11. The molecule has 0 saturated heterocycles. The number of hydrogen-bond acceptors (Lipinski definition) is 3. The van der Waals surface area contributed by atoms with E-state index in [4.69, 9.17) is 0 Å². The number of carbonyl (C=O) groups excluding carboxylic acids is 3. The number of hydrogen-bond donors (Lipinski definition) is 2. The van der Waals surface area contributed by atoms with Crippen molar-refractivity contribution in [2.24, 2.45) is 0 Å². The lowest BCUT2D eigenvalue weighted by Gasteiger charge is -2.01. The van der Waals surface area contributed by atoms with E-state index in [2.05, 4.69) is 10.9 Å². The topological polar surface area (TPSA) is 75.3 Å². The van der Waals surface area contributed by atoms with Crippen LogP contribution in [-0.4, -0.2) is 17.6 Å². The molecule has 0 bridgehead atoms. The maximum Gasteiger partial charge on any atom is 0.245 e. The number of carbonyl (C=O) groups is 3. The molecule has 0 spiro atoms. The van der Waals surface area contributed by atoms with Crippen LogP contribution in [0.4, 0.5) is 0 Å². The van der Waals surface area contributed by atoms with E-state index in [-0.39, 0.29) is 18.1 Å². The zero-order chi connectivity index (χ0) is 8.85. The Bertz CT molecular complexity index is 188. The van der Waals surface area contributed by atoms with Crippen molar-refractivity contribution >= 4 is 17.6 Å². The van der Waals surface area contributed by atoms with Crippen molar-refractivity contribution in [3.8, 4) is 0 Å². The van der Waals surface area contributed by atoms with Crippen molar-refractivity contribution in [1.82, 2.24) is 10.9 Å². The Morgan fingerprint density at radius 2 is 1.64 bits per heavy atom. The van der Waals surface area contributed by atoms with Crippen LogP contribution in [0, 0.1) is 0 Å². The van der Waals surface area contributed by atoms with Crippen LogP contribution < -0.4 is 10.9 Å². The smallest absolute Gasteiger partial charge is 0.245 e. The summed E-state index contributed by atoms with van der Waals surface area (Å²) in [4.78, 5) is 31.2. The standard InChI is InChI=1S/C6H10N2O3/c1-4(9)3-6(11)8-7-5(2)10/h3H2,1-2H3,(H,7,10)(H,8,11). The molecule has 0 heterocycles. The Morgan fingerprint density at radius 3 is 2.00 bits per heavy atom. The van der Waals surface area contributed by atoms with Crippen LogP contribution >= 0.6 is 0 Å². The molecular weight excluding hydrogens is 148 g/mol. The summed E-state index contributed by atoms with van der Waals surface area (Å²) in [6.45, 7) is 2.56. The van der Waals surface area contributed by atoms with Gasteiger partial charge in [-0.2, -0.15) is 0 Å². The first-order valence-corrected chi connectivity index (χ1v) is 3.07. The molecule has 11 heavy (non-hydrogen) atoms. The molecule has 0 fully saturated rings. The average molecular weight is 158 g/mol. The van der Waals surface area contributed by atoms with Crippen molar-refractivity contribution in [3.63, 3.8) is 0 Å². The molecule has 62 valence electrons. The van der Waals surface area contributed by atoms with Gasteiger partial charge in [0.2, 0.25) is 11.8 Å². The van der Waals surface area contributed by atoms with Crippen LogP contribution in [0.15, 0.2) is 0 Å². The highest BCUT2D eigenvalue weighted by molar-refractivity contribution is 5.97. The number of rotatable bonds is 2. The zero-order valence-electron chi connectivity index (χ0n) is 6.43. The second kappa shape index (κ2) is 4.43. The highest BCUT2D eigenvalue weighted by atomic mass is 16.2. The Kier molecular flexibility index (Phi) is 3.87. The molecule has 0 aromatic carbocycles. The highest BCUT2D eigenvalue weighted by Crippen LogP contribution is 1.78. The Morgan fingerprint density at radius 1 is 1.09 bits per heavy atom. The summed E-state index contributed by atoms with van der Waals surface area (Å²) >= 11 is 0. The summed E-state index contributed by atoms with van der Waals surface area (Å²) in [5.74, 6) is -1.12. The Balaban J connectivity index is 3.53. The van der Waals surface area contributed by atoms with Gasteiger partial charge in [0.25, 0.3) is 0 Å². The molecule has 5 heteroatoms. The molecule has 5 nitrogen and oxygen atoms in total. The van der Waals surface area contributed by atoms with E-state index in [1.807, 2.05) is 0 Å². The van der Waals surface area contributed by atoms with Gasteiger partial charge >= 0.3 is 0 Å². The van der Waals surface area contributed by atoms with Gasteiger partial charge in [0.1, 0.15) is 5.78 Å². The van der Waals surface area contributed by atoms with E-state index in [9.17, 15) is 14.4 Å². The first-order valence-electron chi connectivity index (χ1n) is 3.07. The van der Waals surface area contributed by atoms with Crippen molar-refractivity contribution in [2.75, 3.05) is 0 Å². The van der Waals surface area contributed by atoms with Crippen LogP contribution in [0.1, 0.15) is 20.3 Å². The predicted molar refractivity (Wildman–Crippen MR) is 37.3 cm³/mol. The molecule has 0 aromatic heterocycles. The fourth-order valence-electron chi connectivity index (χ4n) is 0.428. The van der Waals surface area contributed by atoms with Gasteiger partial charge in [0, 0.05) is 6.92 Å².